The first-order valence-corrected chi connectivity index (χ1v) is 8.33. The molecular weight excluding hydrogens is 252 g/mol. The first-order valence-electron chi connectivity index (χ1n) is 8.33. The molecule has 1 saturated carbocycles. The Hall–Kier alpha value is -0.120. The lowest BCUT2D eigenvalue weighted by Gasteiger charge is -2.39. The van der Waals surface area contributed by atoms with Gasteiger partial charge in [-0.25, -0.2) is 0 Å². The quantitative estimate of drug-likeness (QED) is 0.602. The van der Waals surface area contributed by atoms with Gasteiger partial charge in [0.05, 0.1) is 38.6 Å². The zero-order valence-electron chi connectivity index (χ0n) is 14.1. The molecule has 0 aromatic heterocycles. The summed E-state index contributed by atoms with van der Waals surface area (Å²) in [5.41, 5.74) is 0. The van der Waals surface area contributed by atoms with Crippen LogP contribution in [0.5, 0.6) is 0 Å². The third kappa shape index (κ3) is 6.55. The van der Waals surface area contributed by atoms with Gasteiger partial charge in [0.15, 0.2) is 0 Å². The third-order valence-electron chi connectivity index (χ3n) is 4.24. The van der Waals surface area contributed by atoms with Gasteiger partial charge >= 0.3 is 0 Å². The Bertz CT molecular complexity index is 240. The molecule has 0 radical (unpaired) electrons. The highest BCUT2D eigenvalue weighted by Crippen LogP contribution is 2.36. The van der Waals surface area contributed by atoms with Gasteiger partial charge in [0.1, 0.15) is 0 Å². The maximum absolute atomic E-state index is 6.09. The molecule has 3 unspecified atom stereocenters. The summed E-state index contributed by atoms with van der Waals surface area (Å²) < 4.78 is 17.1. The van der Waals surface area contributed by atoms with Gasteiger partial charge in [-0.2, -0.15) is 0 Å². The molecule has 3 heteroatoms. The van der Waals surface area contributed by atoms with E-state index in [2.05, 4.69) is 20.8 Å². The summed E-state index contributed by atoms with van der Waals surface area (Å²) in [5.74, 6) is 2.19. The lowest BCUT2D eigenvalue weighted by molar-refractivity contribution is -0.0696. The van der Waals surface area contributed by atoms with Crippen molar-refractivity contribution in [2.45, 2.75) is 66.1 Å². The van der Waals surface area contributed by atoms with E-state index in [4.69, 9.17) is 14.2 Å². The second-order valence-electron chi connectivity index (χ2n) is 6.67. The lowest BCUT2D eigenvalue weighted by Crippen LogP contribution is -2.37. The van der Waals surface area contributed by atoms with Crippen molar-refractivity contribution in [3.8, 4) is 0 Å². The molecule has 0 aromatic carbocycles. The van der Waals surface area contributed by atoms with Crippen LogP contribution in [0.15, 0.2) is 0 Å². The molecule has 0 bridgehead atoms. The Morgan fingerprint density at radius 1 is 0.950 bits per heavy atom. The van der Waals surface area contributed by atoms with Gasteiger partial charge in [-0.3, -0.25) is 0 Å². The van der Waals surface area contributed by atoms with Crippen LogP contribution < -0.4 is 0 Å². The summed E-state index contributed by atoms with van der Waals surface area (Å²) in [6.07, 6.45) is 4.58. The van der Waals surface area contributed by atoms with Crippen LogP contribution >= 0.6 is 0 Å². The van der Waals surface area contributed by atoms with Crippen LogP contribution in [0.3, 0.4) is 0 Å². The SMILES string of the molecule is CC(C)OCCOCCOC1CCCC(C)C1C(C)C. The fraction of sp³-hybridized carbons (Fsp3) is 1.00. The van der Waals surface area contributed by atoms with E-state index in [1.54, 1.807) is 0 Å². The molecule has 1 aliphatic rings. The average molecular weight is 286 g/mol. The summed E-state index contributed by atoms with van der Waals surface area (Å²) in [6.45, 7) is 13.8. The highest BCUT2D eigenvalue weighted by Gasteiger charge is 2.33. The van der Waals surface area contributed by atoms with Crippen LogP contribution in [0.4, 0.5) is 0 Å². The van der Waals surface area contributed by atoms with Crippen molar-refractivity contribution in [3.63, 3.8) is 0 Å². The second kappa shape index (κ2) is 9.75. The van der Waals surface area contributed by atoms with E-state index in [-0.39, 0.29) is 6.10 Å². The average Bonchev–Trinajstić information content (AvgIpc) is 2.36. The van der Waals surface area contributed by atoms with Gasteiger partial charge in [-0.1, -0.05) is 33.6 Å². The molecule has 1 aliphatic carbocycles. The molecule has 20 heavy (non-hydrogen) atoms. The summed E-state index contributed by atoms with van der Waals surface area (Å²) in [5, 5.41) is 0. The van der Waals surface area contributed by atoms with Gasteiger partial charge < -0.3 is 14.2 Å². The van der Waals surface area contributed by atoms with Crippen molar-refractivity contribution in [1.82, 2.24) is 0 Å². The fourth-order valence-corrected chi connectivity index (χ4v) is 3.38. The zero-order valence-corrected chi connectivity index (χ0v) is 14.1. The Kier molecular flexibility index (Phi) is 8.74. The first-order chi connectivity index (χ1) is 9.52. The summed E-state index contributed by atoms with van der Waals surface area (Å²) in [6, 6.07) is 0. The van der Waals surface area contributed by atoms with E-state index >= 15 is 0 Å². The van der Waals surface area contributed by atoms with Gasteiger partial charge in [0.25, 0.3) is 0 Å². The molecule has 0 heterocycles. The number of ether oxygens (including phenoxy) is 3. The monoisotopic (exact) mass is 286 g/mol. The smallest absolute Gasteiger partial charge is 0.0704 e. The number of hydrogen-bond donors (Lipinski definition) is 0. The molecule has 0 aromatic rings. The fourth-order valence-electron chi connectivity index (χ4n) is 3.38. The maximum Gasteiger partial charge on any atom is 0.0704 e. The van der Waals surface area contributed by atoms with Crippen molar-refractivity contribution >= 4 is 0 Å². The normalized spacial score (nSPS) is 27.4. The molecule has 0 N–H and O–H groups in total. The number of hydrogen-bond acceptors (Lipinski definition) is 3. The van der Waals surface area contributed by atoms with Crippen LogP contribution in [-0.4, -0.2) is 38.6 Å². The zero-order chi connectivity index (χ0) is 15.0. The van der Waals surface area contributed by atoms with Crippen LogP contribution in [0.25, 0.3) is 0 Å². The summed E-state index contributed by atoms with van der Waals surface area (Å²) in [4.78, 5) is 0. The highest BCUT2D eigenvalue weighted by molar-refractivity contribution is 4.82. The Morgan fingerprint density at radius 2 is 1.65 bits per heavy atom. The predicted molar refractivity (Wildman–Crippen MR) is 83.0 cm³/mol. The Morgan fingerprint density at radius 3 is 2.30 bits per heavy atom. The molecular formula is C17H34O3. The molecule has 0 spiro atoms. The lowest BCUT2D eigenvalue weighted by atomic mass is 9.72. The largest absolute Gasteiger partial charge is 0.377 e. The topological polar surface area (TPSA) is 27.7 Å². The third-order valence-corrected chi connectivity index (χ3v) is 4.24. The van der Waals surface area contributed by atoms with Gasteiger partial charge in [0, 0.05) is 0 Å². The van der Waals surface area contributed by atoms with E-state index in [0.29, 0.717) is 44.4 Å². The van der Waals surface area contributed by atoms with E-state index < -0.39 is 0 Å². The molecule has 3 atom stereocenters. The van der Waals surface area contributed by atoms with Crippen molar-refractivity contribution in [1.29, 1.82) is 0 Å². The standard InChI is InChI=1S/C17H34O3/c1-13(2)17-15(5)7-6-8-16(17)20-12-10-18-9-11-19-14(3)4/h13-17H,6-12H2,1-5H3. The molecule has 1 fully saturated rings. The molecule has 0 amide bonds. The molecule has 0 saturated heterocycles. The Labute approximate surface area is 125 Å². The van der Waals surface area contributed by atoms with Crippen molar-refractivity contribution in [3.05, 3.63) is 0 Å². The van der Waals surface area contributed by atoms with Gasteiger partial charge in [0.2, 0.25) is 0 Å². The van der Waals surface area contributed by atoms with E-state index in [9.17, 15) is 0 Å². The molecule has 3 nitrogen and oxygen atoms in total. The van der Waals surface area contributed by atoms with Crippen LogP contribution in [0.1, 0.15) is 53.9 Å². The minimum Gasteiger partial charge on any atom is -0.377 e. The maximum atomic E-state index is 6.09. The van der Waals surface area contributed by atoms with Crippen molar-refractivity contribution in [2.24, 2.45) is 17.8 Å². The van der Waals surface area contributed by atoms with Crippen LogP contribution in [0.2, 0.25) is 0 Å². The minimum atomic E-state index is 0.283. The first kappa shape index (κ1) is 17.9. The summed E-state index contributed by atoms with van der Waals surface area (Å²) >= 11 is 0. The van der Waals surface area contributed by atoms with E-state index in [1.807, 2.05) is 13.8 Å². The number of rotatable bonds is 9. The second-order valence-corrected chi connectivity index (χ2v) is 6.67. The summed E-state index contributed by atoms with van der Waals surface area (Å²) in [7, 11) is 0. The van der Waals surface area contributed by atoms with Gasteiger partial charge in [-0.05, 0) is 38.0 Å². The molecule has 1 rings (SSSR count). The highest BCUT2D eigenvalue weighted by atomic mass is 16.5. The van der Waals surface area contributed by atoms with E-state index in [0.717, 1.165) is 5.92 Å². The Balaban J connectivity index is 2.13. The minimum absolute atomic E-state index is 0.283. The van der Waals surface area contributed by atoms with Gasteiger partial charge in [-0.15, -0.1) is 0 Å². The van der Waals surface area contributed by atoms with Crippen LogP contribution in [-0.2, 0) is 14.2 Å². The molecule has 0 aliphatic heterocycles. The predicted octanol–water partition coefficient (Wildman–Crippen LogP) is 3.91. The van der Waals surface area contributed by atoms with Crippen LogP contribution in [0, 0.1) is 17.8 Å². The molecule has 120 valence electrons. The van der Waals surface area contributed by atoms with Crippen molar-refractivity contribution in [2.75, 3.05) is 26.4 Å². The van der Waals surface area contributed by atoms with E-state index in [1.165, 1.54) is 19.3 Å². The van der Waals surface area contributed by atoms with Crippen molar-refractivity contribution < 1.29 is 14.2 Å².